The first-order valence-corrected chi connectivity index (χ1v) is 4.59. The van der Waals surface area contributed by atoms with Gasteiger partial charge < -0.3 is 4.74 Å². The first-order chi connectivity index (χ1) is 7.06. The fourth-order valence-corrected chi connectivity index (χ4v) is 1.28. The van der Waals surface area contributed by atoms with Crippen molar-refractivity contribution < 1.29 is 18.3 Å². The molecule has 0 N–H and O–H groups in total. The highest BCUT2D eigenvalue weighted by Crippen LogP contribution is 2.25. The summed E-state index contributed by atoms with van der Waals surface area (Å²) in [7, 11) is 1.21. The molecule has 0 aliphatic carbocycles. The second-order valence-corrected chi connectivity index (χ2v) is 3.29. The number of benzene rings is 1. The third-order valence-corrected chi connectivity index (χ3v) is 2.32. The molecule has 0 saturated carbocycles. The van der Waals surface area contributed by atoms with E-state index < -0.39 is 17.8 Å². The molecule has 0 bridgehead atoms. The van der Waals surface area contributed by atoms with Crippen molar-refractivity contribution in [1.82, 2.24) is 0 Å². The van der Waals surface area contributed by atoms with Crippen LogP contribution in [0.5, 0.6) is 0 Å². The number of rotatable bonds is 3. The Balaban J connectivity index is 2.84. The summed E-state index contributed by atoms with van der Waals surface area (Å²) in [4.78, 5) is 11.0. The van der Waals surface area contributed by atoms with Crippen molar-refractivity contribution in [1.29, 1.82) is 0 Å². The molecule has 0 aliphatic rings. The van der Waals surface area contributed by atoms with Gasteiger partial charge in [-0.2, -0.15) is 0 Å². The van der Waals surface area contributed by atoms with Crippen molar-refractivity contribution in [2.75, 3.05) is 7.11 Å². The van der Waals surface area contributed by atoms with Crippen LogP contribution in [-0.4, -0.2) is 13.1 Å². The van der Waals surface area contributed by atoms with Crippen LogP contribution < -0.4 is 0 Å². The average molecular weight is 235 g/mol. The van der Waals surface area contributed by atoms with E-state index in [9.17, 15) is 13.6 Å². The molecule has 1 aromatic rings. The van der Waals surface area contributed by atoms with Crippen molar-refractivity contribution in [2.45, 2.75) is 11.8 Å². The number of esters is 1. The summed E-state index contributed by atoms with van der Waals surface area (Å²) in [6, 6.07) is 5.24. The number of alkyl halides is 3. The van der Waals surface area contributed by atoms with Crippen LogP contribution in [0.4, 0.5) is 8.78 Å². The average Bonchev–Trinajstić information content (AvgIpc) is 2.27. The summed E-state index contributed by atoms with van der Waals surface area (Å²) >= 11 is 5.73. The highest BCUT2D eigenvalue weighted by atomic mass is 35.5. The Morgan fingerprint density at radius 1 is 1.27 bits per heavy atom. The van der Waals surface area contributed by atoms with Gasteiger partial charge in [-0.25, -0.2) is 8.78 Å². The van der Waals surface area contributed by atoms with Gasteiger partial charge in [0.1, 0.15) is 0 Å². The maximum Gasteiger partial charge on any atom is 0.328 e. The van der Waals surface area contributed by atoms with Gasteiger partial charge in [-0.1, -0.05) is 24.3 Å². The van der Waals surface area contributed by atoms with Crippen LogP contribution in [0.1, 0.15) is 22.9 Å². The van der Waals surface area contributed by atoms with Crippen LogP contribution in [0.25, 0.3) is 0 Å². The maximum atomic E-state index is 12.2. The monoisotopic (exact) mass is 234 g/mol. The molecule has 5 heteroatoms. The van der Waals surface area contributed by atoms with Crippen LogP contribution in [0.3, 0.4) is 0 Å². The zero-order valence-corrected chi connectivity index (χ0v) is 8.67. The molecule has 0 fully saturated rings. The molecule has 0 spiro atoms. The molecule has 1 rings (SSSR count). The topological polar surface area (TPSA) is 26.3 Å². The summed E-state index contributed by atoms with van der Waals surface area (Å²) in [5.41, 5.74) is 0.334. The van der Waals surface area contributed by atoms with Crippen molar-refractivity contribution in [2.24, 2.45) is 0 Å². The number of carbonyl (C=O) groups is 1. The van der Waals surface area contributed by atoms with E-state index in [1.165, 1.54) is 31.4 Å². The molecule has 0 radical (unpaired) electrons. The normalized spacial score (nSPS) is 12.6. The van der Waals surface area contributed by atoms with E-state index in [-0.39, 0.29) is 5.56 Å². The third-order valence-electron chi connectivity index (χ3n) is 1.89. The standard InChI is InChI=1S/C10H9ClF2O2/c1-15-10(14)8(11)6-2-4-7(5-3-6)9(12)13/h2-5,8-9H,1H3. The number of hydrogen-bond donors (Lipinski definition) is 0. The second-order valence-electron chi connectivity index (χ2n) is 2.85. The predicted octanol–water partition coefficient (Wildman–Crippen LogP) is 3.08. The third kappa shape index (κ3) is 2.89. The van der Waals surface area contributed by atoms with Gasteiger partial charge in [0.25, 0.3) is 6.43 Å². The van der Waals surface area contributed by atoms with Gasteiger partial charge in [0.15, 0.2) is 5.38 Å². The molecular formula is C10H9ClF2O2. The van der Waals surface area contributed by atoms with Crippen molar-refractivity contribution in [3.05, 3.63) is 35.4 Å². The molecule has 0 aliphatic heterocycles. The van der Waals surface area contributed by atoms with E-state index in [1.807, 2.05) is 0 Å². The van der Waals surface area contributed by atoms with E-state index in [4.69, 9.17) is 11.6 Å². The van der Waals surface area contributed by atoms with E-state index in [2.05, 4.69) is 4.74 Å². The lowest BCUT2D eigenvalue weighted by molar-refractivity contribution is -0.140. The number of methoxy groups -OCH3 is 1. The quantitative estimate of drug-likeness (QED) is 0.594. The molecule has 1 aromatic carbocycles. The Hall–Kier alpha value is -1.16. The van der Waals surface area contributed by atoms with Crippen LogP contribution in [0.15, 0.2) is 24.3 Å². The number of carbonyl (C=O) groups excluding carboxylic acids is 1. The van der Waals surface area contributed by atoms with E-state index in [1.54, 1.807) is 0 Å². The highest BCUT2D eigenvalue weighted by Gasteiger charge is 2.18. The van der Waals surface area contributed by atoms with Crippen molar-refractivity contribution in [3.63, 3.8) is 0 Å². The molecule has 2 nitrogen and oxygen atoms in total. The molecule has 15 heavy (non-hydrogen) atoms. The van der Waals surface area contributed by atoms with Crippen LogP contribution in [-0.2, 0) is 9.53 Å². The van der Waals surface area contributed by atoms with Gasteiger partial charge in [-0.15, -0.1) is 11.6 Å². The zero-order valence-electron chi connectivity index (χ0n) is 7.91. The van der Waals surface area contributed by atoms with E-state index in [0.29, 0.717) is 5.56 Å². The highest BCUT2D eigenvalue weighted by molar-refractivity contribution is 6.29. The lowest BCUT2D eigenvalue weighted by atomic mass is 10.1. The van der Waals surface area contributed by atoms with Crippen molar-refractivity contribution in [3.8, 4) is 0 Å². The first-order valence-electron chi connectivity index (χ1n) is 4.16. The van der Waals surface area contributed by atoms with Gasteiger partial charge >= 0.3 is 5.97 Å². The van der Waals surface area contributed by atoms with Crippen LogP contribution in [0.2, 0.25) is 0 Å². The number of halogens is 3. The maximum absolute atomic E-state index is 12.2. The number of ether oxygens (including phenoxy) is 1. The lowest BCUT2D eigenvalue weighted by Gasteiger charge is -2.08. The summed E-state index contributed by atoms with van der Waals surface area (Å²) in [5, 5.41) is -0.957. The lowest BCUT2D eigenvalue weighted by Crippen LogP contribution is -2.08. The number of hydrogen-bond acceptors (Lipinski definition) is 2. The van der Waals surface area contributed by atoms with Gasteiger partial charge in [0.05, 0.1) is 7.11 Å². The fraction of sp³-hybridized carbons (Fsp3) is 0.300. The summed E-state index contributed by atoms with van der Waals surface area (Å²) < 4.78 is 28.8. The molecule has 0 amide bonds. The minimum Gasteiger partial charge on any atom is -0.468 e. The Kier molecular flexibility index (Phi) is 4.03. The van der Waals surface area contributed by atoms with Gasteiger partial charge in [0, 0.05) is 5.56 Å². The Bertz CT molecular complexity index is 338. The van der Waals surface area contributed by atoms with Gasteiger partial charge in [-0.3, -0.25) is 4.79 Å². The Morgan fingerprint density at radius 3 is 2.13 bits per heavy atom. The van der Waals surface area contributed by atoms with Gasteiger partial charge in [-0.05, 0) is 5.56 Å². The molecule has 1 atom stereocenters. The predicted molar refractivity (Wildman–Crippen MR) is 52.0 cm³/mol. The van der Waals surface area contributed by atoms with Gasteiger partial charge in [0.2, 0.25) is 0 Å². The first kappa shape index (κ1) is 11.9. The summed E-state index contributed by atoms with van der Waals surface area (Å²) in [6.45, 7) is 0. The minimum atomic E-state index is -2.52. The van der Waals surface area contributed by atoms with E-state index >= 15 is 0 Å². The zero-order chi connectivity index (χ0) is 11.4. The summed E-state index contributed by atoms with van der Waals surface area (Å²) in [6.07, 6.45) is -2.52. The smallest absolute Gasteiger partial charge is 0.328 e. The molecule has 82 valence electrons. The SMILES string of the molecule is COC(=O)C(Cl)c1ccc(C(F)F)cc1. The molecule has 0 heterocycles. The van der Waals surface area contributed by atoms with Crippen LogP contribution >= 0.6 is 11.6 Å². The molecular weight excluding hydrogens is 226 g/mol. The Morgan fingerprint density at radius 2 is 1.73 bits per heavy atom. The second kappa shape index (κ2) is 5.07. The molecule has 0 aromatic heterocycles. The Labute approximate surface area is 90.8 Å². The fourth-order valence-electron chi connectivity index (χ4n) is 1.05. The minimum absolute atomic E-state index is 0.104. The van der Waals surface area contributed by atoms with E-state index in [0.717, 1.165) is 0 Å². The molecule has 1 unspecified atom stereocenters. The largest absolute Gasteiger partial charge is 0.468 e. The van der Waals surface area contributed by atoms with Crippen LogP contribution in [0, 0.1) is 0 Å². The molecule has 0 saturated heterocycles. The summed E-state index contributed by atoms with van der Waals surface area (Å²) in [5.74, 6) is -0.610. The van der Waals surface area contributed by atoms with Crippen molar-refractivity contribution >= 4 is 17.6 Å².